The van der Waals surface area contributed by atoms with Crippen molar-refractivity contribution in [3.8, 4) is 5.75 Å². The lowest BCUT2D eigenvalue weighted by Gasteiger charge is -2.20. The van der Waals surface area contributed by atoms with Crippen LogP contribution in [0.2, 0.25) is 0 Å². The highest BCUT2D eigenvalue weighted by molar-refractivity contribution is 5.40. The molecule has 1 N–H and O–H groups in total. The van der Waals surface area contributed by atoms with Crippen LogP contribution in [0.5, 0.6) is 5.75 Å². The van der Waals surface area contributed by atoms with Gasteiger partial charge in [-0.25, -0.2) is 0 Å². The van der Waals surface area contributed by atoms with E-state index in [0.717, 1.165) is 11.1 Å². The van der Waals surface area contributed by atoms with Crippen molar-refractivity contribution in [1.29, 1.82) is 0 Å². The van der Waals surface area contributed by atoms with E-state index in [9.17, 15) is 18.3 Å². The fourth-order valence-electron chi connectivity index (χ4n) is 2.22. The van der Waals surface area contributed by atoms with E-state index < -0.39 is 12.7 Å². The maximum atomic E-state index is 12.3. The molecule has 94 valence electrons. The van der Waals surface area contributed by atoms with Gasteiger partial charge < -0.3 is 5.11 Å². The van der Waals surface area contributed by atoms with Crippen LogP contribution in [0.15, 0.2) is 18.2 Å². The van der Waals surface area contributed by atoms with Crippen LogP contribution in [0.3, 0.4) is 0 Å². The highest BCUT2D eigenvalue weighted by Crippen LogP contribution is 2.26. The lowest BCUT2D eigenvalue weighted by Crippen LogP contribution is -2.35. The number of phenols is 1. The predicted molar refractivity (Wildman–Crippen MR) is 58.0 cm³/mol. The zero-order valence-corrected chi connectivity index (χ0v) is 9.30. The van der Waals surface area contributed by atoms with E-state index in [1.165, 1.54) is 4.90 Å². The van der Waals surface area contributed by atoms with Gasteiger partial charge in [0.25, 0.3) is 0 Å². The summed E-state index contributed by atoms with van der Waals surface area (Å²) >= 11 is 0. The van der Waals surface area contributed by atoms with E-state index in [4.69, 9.17) is 0 Å². The summed E-state index contributed by atoms with van der Waals surface area (Å²) in [6.07, 6.45) is -3.13. The molecule has 1 aromatic carbocycles. The number of nitrogens with zero attached hydrogens (tertiary/aromatic N) is 1. The number of halogens is 3. The normalized spacial score (nSPS) is 17.6. The molecule has 5 heteroatoms. The Labute approximate surface area is 97.7 Å². The summed E-state index contributed by atoms with van der Waals surface area (Å²) in [5.41, 5.74) is 1.74. The molecule has 0 atom stereocenters. The van der Waals surface area contributed by atoms with E-state index in [2.05, 4.69) is 0 Å². The van der Waals surface area contributed by atoms with Crippen LogP contribution in [0.1, 0.15) is 11.1 Å². The Morgan fingerprint density at radius 1 is 1.18 bits per heavy atom. The highest BCUT2D eigenvalue weighted by atomic mass is 19.4. The Bertz CT molecular complexity index is 403. The van der Waals surface area contributed by atoms with Crippen LogP contribution in [0.25, 0.3) is 0 Å². The van der Waals surface area contributed by atoms with Gasteiger partial charge in [0.05, 0.1) is 6.54 Å². The lowest BCUT2D eigenvalue weighted by molar-refractivity contribution is -0.145. The van der Waals surface area contributed by atoms with Crippen molar-refractivity contribution >= 4 is 0 Å². The maximum absolute atomic E-state index is 12.3. The second-order valence-electron chi connectivity index (χ2n) is 4.31. The molecule has 0 radical (unpaired) electrons. The van der Waals surface area contributed by atoms with Gasteiger partial charge in [-0.15, -0.1) is 0 Å². The van der Waals surface area contributed by atoms with Gasteiger partial charge in [0.15, 0.2) is 0 Å². The van der Waals surface area contributed by atoms with E-state index >= 15 is 0 Å². The van der Waals surface area contributed by atoms with Gasteiger partial charge in [-0.05, 0) is 30.0 Å². The van der Waals surface area contributed by atoms with Crippen LogP contribution < -0.4 is 0 Å². The molecule has 0 aliphatic carbocycles. The van der Waals surface area contributed by atoms with Gasteiger partial charge in [-0.3, -0.25) is 4.90 Å². The van der Waals surface area contributed by atoms with Crippen molar-refractivity contribution in [2.24, 2.45) is 0 Å². The fraction of sp³-hybridized carbons (Fsp3) is 0.500. The number of phenolic OH excluding ortho intramolecular Hbond substituents is 1. The summed E-state index contributed by atoms with van der Waals surface area (Å²) in [4.78, 5) is 1.39. The van der Waals surface area contributed by atoms with Crippen LogP contribution in [-0.4, -0.2) is 35.8 Å². The van der Waals surface area contributed by atoms with Crippen molar-refractivity contribution in [3.63, 3.8) is 0 Å². The Hall–Kier alpha value is -1.23. The topological polar surface area (TPSA) is 23.5 Å². The molecule has 17 heavy (non-hydrogen) atoms. The Morgan fingerprint density at radius 2 is 1.88 bits per heavy atom. The van der Waals surface area contributed by atoms with Gasteiger partial charge >= 0.3 is 6.18 Å². The van der Waals surface area contributed by atoms with Gasteiger partial charge in [-0.2, -0.15) is 13.2 Å². The summed E-state index contributed by atoms with van der Waals surface area (Å²) in [5, 5.41) is 9.66. The number of aromatic hydroxyl groups is 1. The quantitative estimate of drug-likeness (QED) is 0.821. The molecule has 0 amide bonds. The third-order valence-electron chi connectivity index (χ3n) is 3.03. The minimum Gasteiger partial charge on any atom is -0.508 e. The second-order valence-corrected chi connectivity index (χ2v) is 4.31. The Balaban J connectivity index is 2.09. The number of fused-ring (bicyclic) bond motifs is 1. The number of alkyl halides is 3. The first kappa shape index (κ1) is 12.2. The molecular formula is C12H14F3NO. The minimum atomic E-state index is -4.15. The van der Waals surface area contributed by atoms with Crippen LogP contribution in [-0.2, 0) is 12.8 Å². The minimum absolute atomic E-state index is 0.191. The highest BCUT2D eigenvalue weighted by Gasteiger charge is 2.31. The van der Waals surface area contributed by atoms with E-state index in [0.29, 0.717) is 25.9 Å². The zero-order chi connectivity index (χ0) is 12.5. The van der Waals surface area contributed by atoms with Crippen molar-refractivity contribution < 1.29 is 18.3 Å². The first-order valence-corrected chi connectivity index (χ1v) is 5.54. The van der Waals surface area contributed by atoms with Crippen molar-refractivity contribution in [2.45, 2.75) is 19.0 Å². The number of hydrogen-bond donors (Lipinski definition) is 1. The predicted octanol–water partition coefficient (Wildman–Crippen LogP) is 2.36. The summed E-state index contributed by atoms with van der Waals surface area (Å²) in [7, 11) is 0. The molecule has 1 heterocycles. The lowest BCUT2D eigenvalue weighted by atomic mass is 10.0. The van der Waals surface area contributed by atoms with Crippen molar-refractivity contribution in [3.05, 3.63) is 29.3 Å². The number of hydrogen-bond acceptors (Lipinski definition) is 2. The van der Waals surface area contributed by atoms with E-state index in [1.807, 2.05) is 6.07 Å². The summed E-state index contributed by atoms with van der Waals surface area (Å²) in [6.45, 7) is -0.151. The molecule has 0 saturated carbocycles. The third kappa shape index (κ3) is 3.12. The molecular weight excluding hydrogens is 231 g/mol. The summed E-state index contributed by atoms with van der Waals surface area (Å²) < 4.78 is 36.9. The number of rotatable bonds is 1. The smallest absolute Gasteiger partial charge is 0.401 e. The monoisotopic (exact) mass is 245 g/mol. The van der Waals surface area contributed by atoms with Gasteiger partial charge in [0, 0.05) is 13.1 Å². The summed E-state index contributed by atoms with van der Waals surface area (Å²) in [5.74, 6) is 0.191. The molecule has 1 aliphatic rings. The molecule has 2 rings (SSSR count). The second kappa shape index (κ2) is 4.56. The fourth-order valence-corrected chi connectivity index (χ4v) is 2.22. The molecule has 0 spiro atoms. The first-order valence-electron chi connectivity index (χ1n) is 5.54. The first-order chi connectivity index (χ1) is 7.96. The van der Waals surface area contributed by atoms with E-state index in [-0.39, 0.29) is 5.75 Å². The SMILES string of the molecule is Oc1cccc2c1CCN(CC(F)(F)F)CC2. The molecule has 1 aliphatic heterocycles. The molecule has 0 saturated heterocycles. The standard InChI is InChI=1S/C12H14F3NO/c13-12(14,15)8-16-6-4-9-2-1-3-11(17)10(9)5-7-16/h1-3,17H,4-8H2. The molecule has 0 aromatic heterocycles. The average Bonchev–Trinajstić information content (AvgIpc) is 2.40. The molecule has 0 fully saturated rings. The van der Waals surface area contributed by atoms with Crippen molar-refractivity contribution in [1.82, 2.24) is 4.90 Å². The molecule has 0 unspecified atom stereocenters. The van der Waals surface area contributed by atoms with Gasteiger partial charge in [0.2, 0.25) is 0 Å². The van der Waals surface area contributed by atoms with Gasteiger partial charge in [0.1, 0.15) is 5.75 Å². The third-order valence-corrected chi connectivity index (χ3v) is 3.03. The van der Waals surface area contributed by atoms with Crippen molar-refractivity contribution in [2.75, 3.05) is 19.6 Å². The molecule has 2 nitrogen and oxygen atoms in total. The Kier molecular flexibility index (Phi) is 3.28. The van der Waals surface area contributed by atoms with Crippen LogP contribution >= 0.6 is 0 Å². The van der Waals surface area contributed by atoms with Gasteiger partial charge in [-0.1, -0.05) is 12.1 Å². The van der Waals surface area contributed by atoms with Crippen LogP contribution in [0.4, 0.5) is 13.2 Å². The van der Waals surface area contributed by atoms with Crippen LogP contribution in [0, 0.1) is 0 Å². The maximum Gasteiger partial charge on any atom is 0.401 e. The average molecular weight is 245 g/mol. The molecule has 1 aromatic rings. The number of benzene rings is 1. The largest absolute Gasteiger partial charge is 0.508 e. The Morgan fingerprint density at radius 3 is 2.59 bits per heavy atom. The zero-order valence-electron chi connectivity index (χ0n) is 9.30. The molecule has 0 bridgehead atoms. The summed E-state index contributed by atoms with van der Waals surface area (Å²) in [6, 6.07) is 5.18. The van der Waals surface area contributed by atoms with E-state index in [1.54, 1.807) is 12.1 Å².